The van der Waals surface area contributed by atoms with Gasteiger partial charge in [0, 0.05) is 25.5 Å². The van der Waals surface area contributed by atoms with Crippen LogP contribution in [-0.2, 0) is 20.9 Å². The number of benzene rings is 1. The number of nitrogens with zero attached hydrogens (tertiary/aromatic N) is 1. The molecule has 7 nitrogen and oxygen atoms in total. The zero-order valence-electron chi connectivity index (χ0n) is 13.6. The molecule has 1 aromatic carbocycles. The third-order valence-corrected chi connectivity index (χ3v) is 4.30. The van der Waals surface area contributed by atoms with Gasteiger partial charge in [-0.3, -0.25) is 9.59 Å². The van der Waals surface area contributed by atoms with Gasteiger partial charge in [-0.2, -0.15) is 0 Å². The molecule has 0 radical (unpaired) electrons. The van der Waals surface area contributed by atoms with Gasteiger partial charge in [0.1, 0.15) is 12.6 Å². The van der Waals surface area contributed by atoms with E-state index in [4.69, 9.17) is 10.5 Å². The fraction of sp³-hybridized carbons (Fsp3) is 0.412. The molecule has 1 aliphatic heterocycles. The molecule has 2 atom stereocenters. The van der Waals surface area contributed by atoms with Crippen LogP contribution in [0.15, 0.2) is 30.5 Å². The monoisotopic (exact) mass is 330 g/mol. The Hall–Kier alpha value is -2.38. The second kappa shape index (κ2) is 7.02. The van der Waals surface area contributed by atoms with Gasteiger partial charge in [0.25, 0.3) is 5.91 Å². The molecule has 0 bridgehead atoms. The summed E-state index contributed by atoms with van der Waals surface area (Å²) < 4.78 is 7.46. The molecule has 2 heterocycles. The van der Waals surface area contributed by atoms with E-state index in [-0.39, 0.29) is 24.5 Å². The molecule has 1 fully saturated rings. The van der Waals surface area contributed by atoms with Crippen molar-refractivity contribution in [2.45, 2.75) is 31.6 Å². The summed E-state index contributed by atoms with van der Waals surface area (Å²) in [6, 6.07) is 7.57. The van der Waals surface area contributed by atoms with Crippen molar-refractivity contribution in [3.8, 4) is 0 Å². The Labute approximate surface area is 140 Å². The molecule has 0 saturated carbocycles. The van der Waals surface area contributed by atoms with Gasteiger partial charge in [0.05, 0.1) is 11.6 Å². The van der Waals surface area contributed by atoms with E-state index >= 15 is 0 Å². The first kappa shape index (κ1) is 16.5. The Morgan fingerprint density at radius 3 is 2.88 bits per heavy atom. The summed E-state index contributed by atoms with van der Waals surface area (Å²) in [5.41, 5.74) is 7.15. The van der Waals surface area contributed by atoms with Gasteiger partial charge in [-0.05, 0) is 36.4 Å². The summed E-state index contributed by atoms with van der Waals surface area (Å²) in [7, 11) is 1.61. The standard InChI is InChI=1S/C17H22N4O3/c1-19-16(22)10-21-7-6-11-2-3-12(8-14(11)21)20-17(23)15-5-4-13(9-18)24-15/h2-3,6-8,13,15H,4-5,9-10,18H2,1H3,(H,19,22)(H,20,23)/t13-,15+/m1/s1. The second-order valence-corrected chi connectivity index (χ2v) is 5.94. The highest BCUT2D eigenvalue weighted by Crippen LogP contribution is 2.23. The number of carbonyl (C=O) groups excluding carboxylic acids is 2. The molecule has 0 spiro atoms. The molecule has 24 heavy (non-hydrogen) atoms. The van der Waals surface area contributed by atoms with Crippen molar-refractivity contribution in [1.29, 1.82) is 0 Å². The number of amides is 2. The molecule has 1 aromatic heterocycles. The van der Waals surface area contributed by atoms with E-state index < -0.39 is 6.10 Å². The van der Waals surface area contributed by atoms with Crippen LogP contribution in [-0.4, -0.2) is 42.2 Å². The first-order valence-electron chi connectivity index (χ1n) is 8.06. The topological polar surface area (TPSA) is 98.4 Å². The van der Waals surface area contributed by atoms with Gasteiger partial charge >= 0.3 is 0 Å². The van der Waals surface area contributed by atoms with Crippen LogP contribution in [0.1, 0.15) is 12.8 Å². The van der Waals surface area contributed by atoms with Crippen molar-refractivity contribution in [3.63, 3.8) is 0 Å². The zero-order valence-corrected chi connectivity index (χ0v) is 13.6. The summed E-state index contributed by atoms with van der Waals surface area (Å²) in [6.45, 7) is 0.671. The minimum Gasteiger partial charge on any atom is -0.364 e. The molecule has 128 valence electrons. The fourth-order valence-corrected chi connectivity index (χ4v) is 2.93. The van der Waals surface area contributed by atoms with E-state index in [1.165, 1.54) is 0 Å². The summed E-state index contributed by atoms with van der Waals surface area (Å²) in [6.07, 6.45) is 2.86. The van der Waals surface area contributed by atoms with Crippen molar-refractivity contribution >= 4 is 28.4 Å². The molecule has 0 unspecified atom stereocenters. The molecule has 7 heteroatoms. The van der Waals surface area contributed by atoms with Crippen LogP contribution in [0.4, 0.5) is 5.69 Å². The molecule has 1 aliphatic rings. The first-order valence-corrected chi connectivity index (χ1v) is 8.06. The minimum absolute atomic E-state index is 0.0342. The summed E-state index contributed by atoms with van der Waals surface area (Å²) in [4.78, 5) is 23.9. The SMILES string of the molecule is CNC(=O)Cn1ccc2ccc(NC(=O)[C@@H]3CC[C@H](CN)O3)cc21. The molecule has 1 saturated heterocycles. The van der Waals surface area contributed by atoms with Crippen molar-refractivity contribution in [1.82, 2.24) is 9.88 Å². The van der Waals surface area contributed by atoms with Gasteiger partial charge < -0.3 is 25.7 Å². The Bertz CT molecular complexity index is 755. The van der Waals surface area contributed by atoms with Crippen LogP contribution in [0.3, 0.4) is 0 Å². The molecular formula is C17H22N4O3. The zero-order chi connectivity index (χ0) is 17.1. The lowest BCUT2D eigenvalue weighted by molar-refractivity contribution is -0.126. The van der Waals surface area contributed by atoms with E-state index in [2.05, 4.69) is 10.6 Å². The largest absolute Gasteiger partial charge is 0.364 e. The van der Waals surface area contributed by atoms with Crippen LogP contribution in [0.2, 0.25) is 0 Å². The van der Waals surface area contributed by atoms with Crippen molar-refractivity contribution < 1.29 is 14.3 Å². The molecule has 0 aliphatic carbocycles. The number of rotatable bonds is 5. The Balaban J connectivity index is 1.74. The van der Waals surface area contributed by atoms with Gasteiger partial charge in [-0.25, -0.2) is 0 Å². The lowest BCUT2D eigenvalue weighted by Crippen LogP contribution is -2.29. The third-order valence-electron chi connectivity index (χ3n) is 4.30. The maximum absolute atomic E-state index is 12.3. The van der Waals surface area contributed by atoms with Crippen LogP contribution in [0.25, 0.3) is 10.9 Å². The minimum atomic E-state index is -0.452. The highest BCUT2D eigenvalue weighted by Gasteiger charge is 2.29. The number of anilines is 1. The number of nitrogens with one attached hydrogen (secondary N) is 2. The quantitative estimate of drug-likeness (QED) is 0.756. The smallest absolute Gasteiger partial charge is 0.253 e. The summed E-state index contributed by atoms with van der Waals surface area (Å²) in [5.74, 6) is -0.233. The van der Waals surface area contributed by atoms with Crippen molar-refractivity contribution in [2.75, 3.05) is 18.9 Å². The van der Waals surface area contributed by atoms with Gasteiger partial charge in [0.2, 0.25) is 5.91 Å². The molecule has 3 rings (SSSR count). The first-order chi connectivity index (χ1) is 11.6. The average molecular weight is 330 g/mol. The number of nitrogens with two attached hydrogens (primary N) is 1. The molecular weight excluding hydrogens is 308 g/mol. The number of fused-ring (bicyclic) bond motifs is 1. The van der Waals surface area contributed by atoms with E-state index in [9.17, 15) is 9.59 Å². The van der Waals surface area contributed by atoms with Gasteiger partial charge in [-0.1, -0.05) is 6.07 Å². The highest BCUT2D eigenvalue weighted by atomic mass is 16.5. The molecule has 4 N–H and O–H groups in total. The number of ether oxygens (including phenoxy) is 1. The number of aromatic nitrogens is 1. The number of hydrogen-bond acceptors (Lipinski definition) is 4. The predicted octanol–water partition coefficient (Wildman–Crippen LogP) is 0.832. The number of hydrogen-bond donors (Lipinski definition) is 3. The Morgan fingerprint density at radius 1 is 1.33 bits per heavy atom. The maximum atomic E-state index is 12.3. The lowest BCUT2D eigenvalue weighted by atomic mass is 10.2. The van der Waals surface area contributed by atoms with Crippen LogP contribution < -0.4 is 16.4 Å². The normalized spacial score (nSPS) is 20.2. The lowest BCUT2D eigenvalue weighted by Gasteiger charge is -2.13. The van der Waals surface area contributed by atoms with Crippen molar-refractivity contribution in [3.05, 3.63) is 30.5 Å². The fourth-order valence-electron chi connectivity index (χ4n) is 2.93. The third kappa shape index (κ3) is 3.42. The molecule has 2 aromatic rings. The molecule has 2 amide bonds. The Kier molecular flexibility index (Phi) is 4.82. The van der Waals surface area contributed by atoms with Gasteiger partial charge in [-0.15, -0.1) is 0 Å². The Morgan fingerprint density at radius 2 is 2.17 bits per heavy atom. The van der Waals surface area contributed by atoms with Crippen LogP contribution in [0.5, 0.6) is 0 Å². The van der Waals surface area contributed by atoms with Crippen LogP contribution in [0, 0.1) is 0 Å². The maximum Gasteiger partial charge on any atom is 0.253 e. The van der Waals surface area contributed by atoms with E-state index in [1.807, 2.05) is 35.0 Å². The number of likely N-dealkylation sites (N-methyl/N-ethyl adjacent to an activating group) is 1. The highest BCUT2D eigenvalue weighted by molar-refractivity contribution is 5.96. The van der Waals surface area contributed by atoms with E-state index in [0.29, 0.717) is 18.7 Å². The van der Waals surface area contributed by atoms with Gasteiger partial charge in [0.15, 0.2) is 0 Å². The second-order valence-electron chi connectivity index (χ2n) is 5.94. The summed E-state index contributed by atoms with van der Waals surface area (Å²) in [5, 5.41) is 6.50. The summed E-state index contributed by atoms with van der Waals surface area (Å²) >= 11 is 0. The van der Waals surface area contributed by atoms with E-state index in [1.54, 1.807) is 7.05 Å². The average Bonchev–Trinajstić information content (AvgIpc) is 3.22. The van der Waals surface area contributed by atoms with Crippen LogP contribution >= 0.6 is 0 Å². The number of carbonyl (C=O) groups is 2. The predicted molar refractivity (Wildman–Crippen MR) is 91.6 cm³/mol. The van der Waals surface area contributed by atoms with E-state index in [0.717, 1.165) is 17.3 Å². The van der Waals surface area contributed by atoms with Crippen molar-refractivity contribution in [2.24, 2.45) is 5.73 Å².